The first kappa shape index (κ1) is 14.6. The average Bonchev–Trinajstić information content (AvgIpc) is 2.47. The van der Waals surface area contributed by atoms with Crippen LogP contribution < -0.4 is 5.32 Å². The maximum Gasteiger partial charge on any atom is 0.292 e. The number of nitro benzene ring substituents is 1. The molecule has 2 aliphatic rings. The summed E-state index contributed by atoms with van der Waals surface area (Å²) in [5, 5.41) is 15.0. The van der Waals surface area contributed by atoms with Gasteiger partial charge in [0, 0.05) is 17.1 Å². The van der Waals surface area contributed by atoms with Gasteiger partial charge >= 0.3 is 0 Å². The van der Waals surface area contributed by atoms with Gasteiger partial charge in [-0.25, -0.2) is 0 Å². The van der Waals surface area contributed by atoms with Crippen LogP contribution in [0, 0.1) is 22.0 Å². The van der Waals surface area contributed by atoms with Crippen molar-refractivity contribution in [1.29, 1.82) is 0 Å². The molecule has 4 nitrogen and oxygen atoms in total. The molecule has 0 radical (unpaired) electrons. The molecule has 0 aromatic heterocycles. The van der Waals surface area contributed by atoms with Gasteiger partial charge in [0.2, 0.25) is 0 Å². The zero-order valence-corrected chi connectivity index (χ0v) is 12.8. The summed E-state index contributed by atoms with van der Waals surface area (Å²) in [4.78, 5) is 10.8. The van der Waals surface area contributed by atoms with Crippen molar-refractivity contribution in [2.24, 2.45) is 11.8 Å². The topological polar surface area (TPSA) is 55.2 Å². The summed E-state index contributed by atoms with van der Waals surface area (Å²) in [7, 11) is 0. The van der Waals surface area contributed by atoms with E-state index in [9.17, 15) is 10.1 Å². The molecule has 21 heavy (non-hydrogen) atoms. The SMILES string of the molecule is O=[N+]([O-])c1ccc(Cl)cc1NC1CCC2CCCCC2C1. The molecule has 1 aromatic rings. The molecule has 3 rings (SSSR count). The summed E-state index contributed by atoms with van der Waals surface area (Å²) in [6.07, 6.45) is 8.88. The van der Waals surface area contributed by atoms with Gasteiger partial charge in [-0.15, -0.1) is 0 Å². The van der Waals surface area contributed by atoms with Crippen LogP contribution in [-0.2, 0) is 0 Å². The Morgan fingerprint density at radius 2 is 1.90 bits per heavy atom. The van der Waals surface area contributed by atoms with Crippen molar-refractivity contribution < 1.29 is 4.92 Å². The summed E-state index contributed by atoms with van der Waals surface area (Å²) in [6.45, 7) is 0. The number of benzene rings is 1. The lowest BCUT2D eigenvalue weighted by atomic mass is 9.69. The van der Waals surface area contributed by atoms with Crippen molar-refractivity contribution >= 4 is 23.0 Å². The van der Waals surface area contributed by atoms with Crippen molar-refractivity contribution in [2.45, 2.75) is 51.0 Å². The Hall–Kier alpha value is -1.29. The van der Waals surface area contributed by atoms with E-state index in [0.717, 1.165) is 24.7 Å². The van der Waals surface area contributed by atoms with E-state index in [1.807, 2.05) is 0 Å². The van der Waals surface area contributed by atoms with Crippen molar-refractivity contribution in [1.82, 2.24) is 0 Å². The van der Waals surface area contributed by atoms with Gasteiger partial charge in [-0.05, 0) is 43.2 Å². The Kier molecular flexibility index (Phi) is 4.34. The Bertz CT molecular complexity index is 535. The predicted octanol–water partition coefficient (Wildman–Crippen LogP) is 5.02. The van der Waals surface area contributed by atoms with Gasteiger partial charge in [0.1, 0.15) is 5.69 Å². The molecule has 0 amide bonds. The largest absolute Gasteiger partial charge is 0.377 e. The fourth-order valence-corrected chi connectivity index (χ4v) is 4.18. The molecule has 2 aliphatic carbocycles. The minimum atomic E-state index is -0.342. The van der Waals surface area contributed by atoms with Crippen LogP contribution in [0.15, 0.2) is 18.2 Å². The number of nitro groups is 1. The van der Waals surface area contributed by atoms with Gasteiger partial charge in [0.15, 0.2) is 0 Å². The van der Waals surface area contributed by atoms with Crippen LogP contribution >= 0.6 is 11.6 Å². The highest BCUT2D eigenvalue weighted by Gasteiger charge is 2.32. The summed E-state index contributed by atoms with van der Waals surface area (Å²) < 4.78 is 0. The van der Waals surface area contributed by atoms with Crippen LogP contribution in [0.5, 0.6) is 0 Å². The predicted molar refractivity (Wildman–Crippen MR) is 84.8 cm³/mol. The molecule has 0 aliphatic heterocycles. The van der Waals surface area contributed by atoms with Gasteiger partial charge in [-0.3, -0.25) is 10.1 Å². The molecule has 0 bridgehead atoms. The number of fused-ring (bicyclic) bond motifs is 1. The second-order valence-electron chi connectivity index (χ2n) is 6.38. The van der Waals surface area contributed by atoms with Gasteiger partial charge < -0.3 is 5.32 Å². The fraction of sp³-hybridized carbons (Fsp3) is 0.625. The lowest BCUT2D eigenvalue weighted by Crippen LogP contribution is -2.34. The van der Waals surface area contributed by atoms with E-state index in [2.05, 4.69) is 5.32 Å². The summed E-state index contributed by atoms with van der Waals surface area (Å²) >= 11 is 5.99. The summed E-state index contributed by atoms with van der Waals surface area (Å²) in [6, 6.07) is 5.06. The minimum Gasteiger partial charge on any atom is -0.377 e. The molecule has 2 saturated carbocycles. The van der Waals surface area contributed by atoms with Gasteiger partial charge in [-0.2, -0.15) is 0 Å². The van der Waals surface area contributed by atoms with Crippen molar-refractivity contribution in [3.63, 3.8) is 0 Å². The van der Waals surface area contributed by atoms with E-state index in [4.69, 9.17) is 11.6 Å². The number of nitrogens with one attached hydrogen (secondary N) is 1. The molecule has 0 heterocycles. The second-order valence-corrected chi connectivity index (χ2v) is 6.81. The Balaban J connectivity index is 1.72. The number of rotatable bonds is 3. The van der Waals surface area contributed by atoms with E-state index in [-0.39, 0.29) is 10.6 Å². The maximum atomic E-state index is 11.1. The number of hydrogen-bond acceptors (Lipinski definition) is 3. The first-order valence-electron chi connectivity index (χ1n) is 7.84. The standard InChI is InChI=1S/C16H21ClN2O2/c17-13-6-8-16(19(20)21)15(10-13)18-14-7-5-11-3-1-2-4-12(11)9-14/h6,8,10-12,14,18H,1-5,7,9H2. The quantitative estimate of drug-likeness (QED) is 0.630. The first-order valence-corrected chi connectivity index (χ1v) is 8.22. The normalized spacial score (nSPS) is 28.7. The van der Waals surface area contributed by atoms with Crippen LogP contribution in [0.25, 0.3) is 0 Å². The molecule has 5 heteroatoms. The highest BCUT2D eigenvalue weighted by atomic mass is 35.5. The molecule has 2 fully saturated rings. The number of anilines is 1. The highest BCUT2D eigenvalue weighted by molar-refractivity contribution is 6.31. The molecule has 3 atom stereocenters. The first-order chi connectivity index (χ1) is 10.1. The third kappa shape index (κ3) is 3.31. The molecule has 1 aromatic carbocycles. The van der Waals surface area contributed by atoms with E-state index in [1.54, 1.807) is 12.1 Å². The zero-order valence-electron chi connectivity index (χ0n) is 12.1. The number of hydrogen-bond donors (Lipinski definition) is 1. The summed E-state index contributed by atoms with van der Waals surface area (Å²) in [5.41, 5.74) is 0.678. The smallest absolute Gasteiger partial charge is 0.292 e. The van der Waals surface area contributed by atoms with E-state index in [0.29, 0.717) is 16.8 Å². The molecule has 3 unspecified atom stereocenters. The lowest BCUT2D eigenvalue weighted by molar-refractivity contribution is -0.384. The monoisotopic (exact) mass is 308 g/mol. The molecule has 114 valence electrons. The zero-order chi connectivity index (χ0) is 14.8. The Morgan fingerprint density at radius 1 is 1.14 bits per heavy atom. The summed E-state index contributed by atoms with van der Waals surface area (Å²) in [5.74, 6) is 1.68. The molecular formula is C16H21ClN2O2. The highest BCUT2D eigenvalue weighted by Crippen LogP contribution is 2.41. The molecule has 0 saturated heterocycles. The molecule has 0 spiro atoms. The van der Waals surface area contributed by atoms with Crippen molar-refractivity contribution in [2.75, 3.05) is 5.32 Å². The van der Waals surface area contributed by atoms with Crippen LogP contribution in [0.1, 0.15) is 44.9 Å². The van der Waals surface area contributed by atoms with Crippen LogP contribution in [0.2, 0.25) is 5.02 Å². The van der Waals surface area contributed by atoms with E-state index < -0.39 is 0 Å². The van der Waals surface area contributed by atoms with Crippen LogP contribution in [-0.4, -0.2) is 11.0 Å². The van der Waals surface area contributed by atoms with Crippen LogP contribution in [0.3, 0.4) is 0 Å². The van der Waals surface area contributed by atoms with E-state index >= 15 is 0 Å². The number of halogens is 1. The minimum absolute atomic E-state index is 0.116. The second kappa shape index (κ2) is 6.22. The molecule has 1 N–H and O–H groups in total. The third-order valence-electron chi connectivity index (χ3n) is 5.05. The van der Waals surface area contributed by atoms with Gasteiger partial charge in [0.05, 0.1) is 4.92 Å². The number of nitrogens with zero attached hydrogens (tertiary/aromatic N) is 1. The Morgan fingerprint density at radius 3 is 2.67 bits per heavy atom. The third-order valence-corrected chi connectivity index (χ3v) is 5.29. The maximum absolute atomic E-state index is 11.1. The Labute approximate surface area is 130 Å². The lowest BCUT2D eigenvalue weighted by Gasteiger charge is -2.39. The fourth-order valence-electron chi connectivity index (χ4n) is 4.01. The van der Waals surface area contributed by atoms with Gasteiger partial charge in [-0.1, -0.05) is 37.3 Å². The molecular weight excluding hydrogens is 288 g/mol. The van der Waals surface area contributed by atoms with Crippen molar-refractivity contribution in [3.8, 4) is 0 Å². The van der Waals surface area contributed by atoms with Crippen molar-refractivity contribution in [3.05, 3.63) is 33.3 Å². The van der Waals surface area contributed by atoms with Gasteiger partial charge in [0.25, 0.3) is 5.69 Å². The van der Waals surface area contributed by atoms with E-state index in [1.165, 1.54) is 38.2 Å². The average molecular weight is 309 g/mol. The van der Waals surface area contributed by atoms with Crippen LogP contribution in [0.4, 0.5) is 11.4 Å².